The topological polar surface area (TPSA) is 57.8 Å². The van der Waals surface area contributed by atoms with Gasteiger partial charge in [-0.1, -0.05) is 6.92 Å². The van der Waals surface area contributed by atoms with Crippen molar-refractivity contribution in [2.24, 2.45) is 0 Å². The van der Waals surface area contributed by atoms with Gasteiger partial charge in [0.05, 0.1) is 0 Å². The van der Waals surface area contributed by atoms with Crippen LogP contribution in [0.25, 0.3) is 0 Å². The van der Waals surface area contributed by atoms with Gasteiger partial charge in [-0.15, -0.1) is 0 Å². The first-order chi connectivity index (χ1) is 6.78. The Labute approximate surface area is 82.8 Å². The fraction of sp³-hybridized carbons (Fsp3) is 0.600. The van der Waals surface area contributed by atoms with Crippen LogP contribution in [0.15, 0.2) is 10.9 Å². The van der Waals surface area contributed by atoms with E-state index >= 15 is 0 Å². The molecule has 4 heteroatoms. The molecule has 76 valence electrons. The molecular weight excluding hydrogens is 178 g/mol. The van der Waals surface area contributed by atoms with Crippen LogP contribution in [0.4, 0.5) is 5.82 Å². The van der Waals surface area contributed by atoms with E-state index in [0.29, 0.717) is 6.04 Å². The average Bonchev–Trinajstić information content (AvgIpc) is 2.10. The maximum atomic E-state index is 11.2. The summed E-state index contributed by atoms with van der Waals surface area (Å²) >= 11 is 0. The fourth-order valence-corrected chi connectivity index (χ4v) is 1.51. The van der Waals surface area contributed by atoms with E-state index in [1.54, 1.807) is 0 Å². The second-order valence-electron chi connectivity index (χ2n) is 3.70. The summed E-state index contributed by atoms with van der Waals surface area (Å²) in [6.45, 7) is 1.98. The molecule has 1 heterocycles. The third-order valence-electron chi connectivity index (χ3n) is 2.58. The lowest BCUT2D eigenvalue weighted by Gasteiger charge is -2.26. The zero-order valence-electron chi connectivity index (χ0n) is 8.34. The molecule has 0 radical (unpaired) electrons. The number of nitrogens with one attached hydrogen (secondary N) is 2. The monoisotopic (exact) mass is 193 g/mol. The lowest BCUT2D eigenvalue weighted by molar-refractivity contribution is 0.444. The van der Waals surface area contributed by atoms with Crippen LogP contribution in [0.5, 0.6) is 0 Å². The van der Waals surface area contributed by atoms with Gasteiger partial charge in [-0.3, -0.25) is 4.79 Å². The summed E-state index contributed by atoms with van der Waals surface area (Å²) in [6.07, 6.45) is 4.42. The van der Waals surface area contributed by atoms with Crippen LogP contribution in [0, 0.1) is 0 Å². The van der Waals surface area contributed by atoms with Crippen molar-refractivity contribution in [1.29, 1.82) is 0 Å². The third-order valence-corrected chi connectivity index (χ3v) is 2.58. The molecule has 0 spiro atoms. The van der Waals surface area contributed by atoms with Crippen LogP contribution in [0.1, 0.15) is 32.0 Å². The Morgan fingerprint density at radius 2 is 2.43 bits per heavy atom. The number of hydrogen-bond acceptors (Lipinski definition) is 3. The van der Waals surface area contributed by atoms with Crippen LogP contribution in [-0.2, 0) is 6.42 Å². The molecule has 0 atom stereocenters. The molecule has 0 aromatic carbocycles. The zero-order chi connectivity index (χ0) is 9.97. The first kappa shape index (κ1) is 9.24. The molecule has 0 amide bonds. The summed E-state index contributed by atoms with van der Waals surface area (Å²) in [5.74, 6) is 1.47. The van der Waals surface area contributed by atoms with Gasteiger partial charge in [0.15, 0.2) is 0 Å². The maximum Gasteiger partial charge on any atom is 0.252 e. The summed E-state index contributed by atoms with van der Waals surface area (Å²) in [5.41, 5.74) is -0.0707. The van der Waals surface area contributed by atoms with E-state index in [4.69, 9.17) is 0 Å². The molecular formula is C10H15N3O. The molecule has 0 bridgehead atoms. The Morgan fingerprint density at radius 3 is 3.00 bits per heavy atom. The second-order valence-corrected chi connectivity index (χ2v) is 3.70. The van der Waals surface area contributed by atoms with Crippen LogP contribution in [-0.4, -0.2) is 16.0 Å². The third kappa shape index (κ3) is 1.95. The zero-order valence-corrected chi connectivity index (χ0v) is 8.34. The molecule has 1 aromatic heterocycles. The normalized spacial score (nSPS) is 16.4. The Hall–Kier alpha value is -1.32. The van der Waals surface area contributed by atoms with Crippen molar-refractivity contribution in [3.63, 3.8) is 0 Å². The van der Waals surface area contributed by atoms with E-state index < -0.39 is 0 Å². The number of aryl methyl sites for hydroxylation is 1. The predicted octanol–water partition coefficient (Wildman–Crippen LogP) is 1.30. The largest absolute Gasteiger partial charge is 0.367 e. The highest BCUT2D eigenvalue weighted by Gasteiger charge is 2.17. The number of H-pyrrole nitrogens is 1. The lowest BCUT2D eigenvalue weighted by Crippen LogP contribution is -2.28. The van der Waals surface area contributed by atoms with Gasteiger partial charge in [0.1, 0.15) is 11.6 Å². The van der Waals surface area contributed by atoms with E-state index in [1.807, 2.05) is 6.92 Å². The molecule has 1 aliphatic rings. The molecule has 0 aliphatic heterocycles. The number of aromatic amines is 1. The average molecular weight is 193 g/mol. The predicted molar refractivity (Wildman–Crippen MR) is 55.5 cm³/mol. The van der Waals surface area contributed by atoms with Gasteiger partial charge in [0.25, 0.3) is 5.56 Å². The van der Waals surface area contributed by atoms with Crippen LogP contribution >= 0.6 is 0 Å². The summed E-state index contributed by atoms with van der Waals surface area (Å²) in [4.78, 5) is 18.2. The summed E-state index contributed by atoms with van der Waals surface area (Å²) in [7, 11) is 0. The Kier molecular flexibility index (Phi) is 2.52. The number of anilines is 1. The Bertz CT molecular complexity index is 368. The van der Waals surface area contributed by atoms with Crippen LogP contribution in [0.2, 0.25) is 0 Å². The molecule has 0 saturated heterocycles. The molecule has 1 saturated carbocycles. The molecule has 14 heavy (non-hydrogen) atoms. The maximum absolute atomic E-state index is 11.2. The van der Waals surface area contributed by atoms with Crippen molar-refractivity contribution >= 4 is 5.82 Å². The summed E-state index contributed by atoms with van der Waals surface area (Å²) in [6, 6.07) is 2.05. The molecule has 2 N–H and O–H groups in total. The van der Waals surface area contributed by atoms with E-state index in [9.17, 15) is 4.79 Å². The minimum atomic E-state index is -0.0707. The molecule has 1 fully saturated rings. The van der Waals surface area contributed by atoms with E-state index in [-0.39, 0.29) is 5.56 Å². The molecule has 2 rings (SSSR count). The molecule has 0 unspecified atom stereocenters. The van der Waals surface area contributed by atoms with Crippen molar-refractivity contribution in [3.8, 4) is 0 Å². The van der Waals surface area contributed by atoms with E-state index in [2.05, 4.69) is 15.3 Å². The van der Waals surface area contributed by atoms with Crippen LogP contribution < -0.4 is 10.9 Å². The molecule has 4 nitrogen and oxygen atoms in total. The minimum Gasteiger partial charge on any atom is -0.367 e. The highest BCUT2D eigenvalue weighted by Crippen LogP contribution is 2.21. The number of aromatic nitrogens is 2. The first-order valence-electron chi connectivity index (χ1n) is 5.14. The standard InChI is InChI=1S/C10H15N3O/c1-2-8-12-9(6-10(14)13-8)11-7-4-3-5-7/h6-7H,2-5H2,1H3,(H2,11,12,13,14). The van der Waals surface area contributed by atoms with Crippen molar-refractivity contribution in [3.05, 3.63) is 22.2 Å². The Morgan fingerprint density at radius 1 is 1.64 bits per heavy atom. The SMILES string of the molecule is CCc1nc(NC2CCC2)cc(=O)[nH]1. The number of hydrogen-bond donors (Lipinski definition) is 2. The smallest absolute Gasteiger partial charge is 0.252 e. The van der Waals surface area contributed by atoms with Crippen molar-refractivity contribution in [1.82, 2.24) is 9.97 Å². The number of nitrogens with zero attached hydrogens (tertiary/aromatic N) is 1. The van der Waals surface area contributed by atoms with Gasteiger partial charge in [-0.05, 0) is 19.3 Å². The van der Waals surface area contributed by atoms with Crippen LogP contribution in [0.3, 0.4) is 0 Å². The van der Waals surface area contributed by atoms with Crippen molar-refractivity contribution in [2.75, 3.05) is 5.32 Å². The molecule has 1 aliphatic carbocycles. The van der Waals surface area contributed by atoms with Crippen molar-refractivity contribution < 1.29 is 0 Å². The highest BCUT2D eigenvalue weighted by atomic mass is 16.1. The molecule has 1 aromatic rings. The quantitative estimate of drug-likeness (QED) is 0.760. The second kappa shape index (κ2) is 3.82. The summed E-state index contributed by atoms with van der Waals surface area (Å²) < 4.78 is 0. The van der Waals surface area contributed by atoms with Gasteiger partial charge < -0.3 is 10.3 Å². The lowest BCUT2D eigenvalue weighted by atomic mass is 9.93. The minimum absolute atomic E-state index is 0.0707. The highest BCUT2D eigenvalue weighted by molar-refractivity contribution is 5.34. The fourth-order valence-electron chi connectivity index (χ4n) is 1.51. The van der Waals surface area contributed by atoms with Gasteiger partial charge in [0, 0.05) is 18.5 Å². The first-order valence-corrected chi connectivity index (χ1v) is 5.14. The van der Waals surface area contributed by atoms with Gasteiger partial charge in [-0.25, -0.2) is 4.98 Å². The van der Waals surface area contributed by atoms with Crippen molar-refractivity contribution in [2.45, 2.75) is 38.6 Å². The van der Waals surface area contributed by atoms with Gasteiger partial charge in [-0.2, -0.15) is 0 Å². The Balaban J connectivity index is 2.15. The van der Waals surface area contributed by atoms with E-state index in [0.717, 1.165) is 18.1 Å². The summed E-state index contributed by atoms with van der Waals surface area (Å²) in [5, 5.41) is 3.26. The van der Waals surface area contributed by atoms with Gasteiger partial charge in [0.2, 0.25) is 0 Å². The number of rotatable bonds is 3. The van der Waals surface area contributed by atoms with Gasteiger partial charge >= 0.3 is 0 Å². The van der Waals surface area contributed by atoms with E-state index in [1.165, 1.54) is 25.3 Å².